The zero-order chi connectivity index (χ0) is 21.8. The third kappa shape index (κ3) is 4.58. The number of halogens is 1. The van der Waals surface area contributed by atoms with Crippen LogP contribution in [-0.2, 0) is 20.4 Å². The predicted molar refractivity (Wildman–Crippen MR) is 114 cm³/mol. The zero-order valence-electron chi connectivity index (χ0n) is 16.7. The Kier molecular flexibility index (Phi) is 6.34. The van der Waals surface area contributed by atoms with Gasteiger partial charge in [0.2, 0.25) is 15.9 Å². The van der Waals surface area contributed by atoms with E-state index in [1.165, 1.54) is 19.2 Å². The van der Waals surface area contributed by atoms with Gasteiger partial charge in [0, 0.05) is 7.05 Å². The fourth-order valence-corrected chi connectivity index (χ4v) is 4.37. The van der Waals surface area contributed by atoms with Crippen molar-refractivity contribution in [3.63, 3.8) is 0 Å². The van der Waals surface area contributed by atoms with E-state index in [4.69, 9.17) is 0 Å². The van der Waals surface area contributed by atoms with Crippen LogP contribution >= 0.6 is 0 Å². The first kappa shape index (κ1) is 21.7. The Morgan fingerprint density at radius 2 is 1.37 bits per heavy atom. The third-order valence-electron chi connectivity index (χ3n) is 4.98. The first-order chi connectivity index (χ1) is 14.2. The van der Waals surface area contributed by atoms with Crippen LogP contribution < -0.4 is 5.32 Å². The van der Waals surface area contributed by atoms with Crippen molar-refractivity contribution in [3.05, 3.63) is 102 Å². The van der Waals surface area contributed by atoms with Crippen LogP contribution in [0.1, 0.15) is 18.1 Å². The fourth-order valence-electron chi connectivity index (χ4n) is 3.25. The number of nitrogens with one attached hydrogen (secondary N) is 1. The van der Waals surface area contributed by atoms with Gasteiger partial charge in [-0.1, -0.05) is 60.7 Å². The monoisotopic (exact) mass is 426 g/mol. The maximum Gasteiger partial charge on any atom is 0.243 e. The number of nitrogens with zero attached hydrogens (tertiary/aromatic N) is 1. The summed E-state index contributed by atoms with van der Waals surface area (Å²) in [6.45, 7) is 1.50. The Morgan fingerprint density at radius 1 is 0.900 bits per heavy atom. The zero-order valence-corrected chi connectivity index (χ0v) is 17.6. The lowest BCUT2D eigenvalue weighted by atomic mass is 9.84. The van der Waals surface area contributed by atoms with Gasteiger partial charge >= 0.3 is 0 Å². The molecule has 0 saturated carbocycles. The summed E-state index contributed by atoms with van der Waals surface area (Å²) in [5.74, 6) is -0.991. The molecule has 3 aromatic rings. The maximum atomic E-state index is 13.1. The molecule has 30 heavy (non-hydrogen) atoms. The number of rotatable bonds is 7. The van der Waals surface area contributed by atoms with Gasteiger partial charge in [0.15, 0.2) is 0 Å². The van der Waals surface area contributed by atoms with E-state index in [1.807, 2.05) is 67.6 Å². The topological polar surface area (TPSA) is 66.5 Å². The minimum atomic E-state index is -3.93. The molecule has 3 rings (SSSR count). The van der Waals surface area contributed by atoms with Crippen molar-refractivity contribution in [2.24, 2.45) is 0 Å². The smallest absolute Gasteiger partial charge is 0.243 e. The number of carbonyl (C=O) groups excluding carboxylic acids is 1. The molecule has 0 fully saturated rings. The average Bonchev–Trinajstić information content (AvgIpc) is 2.75. The van der Waals surface area contributed by atoms with Crippen LogP contribution in [0.15, 0.2) is 89.8 Å². The largest absolute Gasteiger partial charge is 0.342 e. The van der Waals surface area contributed by atoms with Gasteiger partial charge in [0.1, 0.15) is 5.82 Å². The molecule has 0 aliphatic rings. The quantitative estimate of drug-likeness (QED) is 0.629. The highest BCUT2D eigenvalue weighted by Crippen LogP contribution is 2.29. The lowest BCUT2D eigenvalue weighted by Gasteiger charge is -2.33. The first-order valence-electron chi connectivity index (χ1n) is 9.37. The fraction of sp³-hybridized carbons (Fsp3) is 0.174. The van der Waals surface area contributed by atoms with Crippen molar-refractivity contribution in [3.8, 4) is 0 Å². The second-order valence-corrected chi connectivity index (χ2v) is 9.17. The van der Waals surface area contributed by atoms with E-state index in [-0.39, 0.29) is 11.4 Å². The molecular weight excluding hydrogens is 403 g/mol. The van der Waals surface area contributed by atoms with Gasteiger partial charge in [-0.3, -0.25) is 4.79 Å². The summed E-state index contributed by atoms with van der Waals surface area (Å²) in [5, 5.41) is 2.98. The van der Waals surface area contributed by atoms with Gasteiger partial charge in [0.05, 0.1) is 17.0 Å². The van der Waals surface area contributed by atoms with Crippen LogP contribution in [0.25, 0.3) is 0 Å². The normalized spacial score (nSPS) is 12.0. The number of hydrogen-bond donors (Lipinski definition) is 1. The second kappa shape index (κ2) is 8.77. The third-order valence-corrected chi connectivity index (χ3v) is 6.80. The molecule has 0 radical (unpaired) electrons. The number of benzene rings is 3. The van der Waals surface area contributed by atoms with Crippen LogP contribution in [-0.4, -0.2) is 32.2 Å². The van der Waals surface area contributed by atoms with Crippen LogP contribution in [0.5, 0.6) is 0 Å². The van der Waals surface area contributed by atoms with Crippen molar-refractivity contribution in [2.75, 3.05) is 13.6 Å². The van der Waals surface area contributed by atoms with Gasteiger partial charge in [-0.15, -0.1) is 0 Å². The summed E-state index contributed by atoms with van der Waals surface area (Å²) in [6.07, 6.45) is 0. The van der Waals surface area contributed by atoms with Crippen molar-refractivity contribution in [1.29, 1.82) is 0 Å². The molecule has 0 spiro atoms. The molecule has 0 heterocycles. The molecule has 0 aliphatic heterocycles. The average molecular weight is 427 g/mol. The molecule has 0 unspecified atom stereocenters. The van der Waals surface area contributed by atoms with E-state index in [1.54, 1.807) is 0 Å². The van der Waals surface area contributed by atoms with Crippen LogP contribution in [0.2, 0.25) is 0 Å². The molecule has 156 valence electrons. The van der Waals surface area contributed by atoms with Crippen molar-refractivity contribution < 1.29 is 17.6 Å². The molecule has 0 aromatic heterocycles. The molecule has 3 aromatic carbocycles. The van der Waals surface area contributed by atoms with E-state index in [0.29, 0.717) is 0 Å². The summed E-state index contributed by atoms with van der Waals surface area (Å²) in [4.78, 5) is 12.8. The minimum absolute atomic E-state index is 0.0759. The van der Waals surface area contributed by atoms with Gasteiger partial charge in [-0.25, -0.2) is 12.8 Å². The SMILES string of the molecule is CN(CC(=O)NC(C)(c1ccccc1)c1ccccc1)S(=O)(=O)c1ccc(F)cc1. The Balaban J connectivity index is 1.84. The standard InChI is InChI=1S/C23H23FN2O3S/c1-23(18-9-5-3-6-10-18,19-11-7-4-8-12-19)25-22(27)17-26(2)30(28,29)21-15-13-20(24)14-16-21/h3-16H,17H2,1-2H3,(H,25,27). The van der Waals surface area contributed by atoms with Gasteiger partial charge in [-0.05, 0) is 42.3 Å². The Hall–Kier alpha value is -3.03. The highest BCUT2D eigenvalue weighted by molar-refractivity contribution is 7.89. The van der Waals surface area contributed by atoms with E-state index < -0.39 is 27.3 Å². The summed E-state index contributed by atoms with van der Waals surface area (Å²) < 4.78 is 39.5. The Labute approximate surface area is 176 Å². The molecule has 1 N–H and O–H groups in total. The summed E-state index contributed by atoms with van der Waals surface area (Å²) in [5.41, 5.74) is 0.891. The van der Waals surface area contributed by atoms with Gasteiger partial charge in [0.25, 0.3) is 0 Å². The number of carbonyl (C=O) groups is 1. The lowest BCUT2D eigenvalue weighted by molar-refractivity contribution is -0.122. The highest BCUT2D eigenvalue weighted by atomic mass is 32.2. The second-order valence-electron chi connectivity index (χ2n) is 7.12. The molecule has 1 amide bonds. The predicted octanol–water partition coefficient (Wildman–Crippen LogP) is 3.53. The number of likely N-dealkylation sites (N-methyl/N-ethyl adjacent to an activating group) is 1. The molecule has 0 aliphatic carbocycles. The molecule has 0 saturated heterocycles. The number of sulfonamides is 1. The van der Waals surface area contributed by atoms with Gasteiger partial charge in [-0.2, -0.15) is 4.31 Å². The highest BCUT2D eigenvalue weighted by Gasteiger charge is 2.32. The lowest BCUT2D eigenvalue weighted by Crippen LogP contribution is -2.48. The van der Waals surface area contributed by atoms with Crippen molar-refractivity contribution in [1.82, 2.24) is 9.62 Å². The van der Waals surface area contributed by atoms with Crippen LogP contribution in [0.3, 0.4) is 0 Å². The van der Waals surface area contributed by atoms with Crippen LogP contribution in [0.4, 0.5) is 4.39 Å². The summed E-state index contributed by atoms with van der Waals surface area (Å²) in [7, 11) is -2.61. The molecule has 7 heteroatoms. The molecule has 5 nitrogen and oxygen atoms in total. The molecular formula is C23H23FN2O3S. The maximum absolute atomic E-state index is 13.1. The summed E-state index contributed by atoms with van der Waals surface area (Å²) in [6, 6.07) is 23.4. The van der Waals surface area contributed by atoms with E-state index >= 15 is 0 Å². The van der Waals surface area contributed by atoms with E-state index in [9.17, 15) is 17.6 Å². The van der Waals surface area contributed by atoms with Crippen LogP contribution in [0, 0.1) is 5.82 Å². The number of amides is 1. The van der Waals surface area contributed by atoms with E-state index in [0.717, 1.165) is 27.6 Å². The first-order valence-corrected chi connectivity index (χ1v) is 10.8. The van der Waals surface area contributed by atoms with Gasteiger partial charge < -0.3 is 5.32 Å². The van der Waals surface area contributed by atoms with E-state index in [2.05, 4.69) is 5.32 Å². The van der Waals surface area contributed by atoms with Crippen molar-refractivity contribution in [2.45, 2.75) is 17.4 Å². The Morgan fingerprint density at radius 3 is 1.83 bits per heavy atom. The number of hydrogen-bond acceptors (Lipinski definition) is 3. The Bertz CT molecular complexity index is 1060. The minimum Gasteiger partial charge on any atom is -0.342 e. The summed E-state index contributed by atoms with van der Waals surface area (Å²) >= 11 is 0. The molecule has 0 bridgehead atoms. The van der Waals surface area contributed by atoms with Crippen molar-refractivity contribution >= 4 is 15.9 Å². The molecule has 0 atom stereocenters.